The summed E-state index contributed by atoms with van der Waals surface area (Å²) in [6.07, 6.45) is 0. The molecule has 142 valence electrons. The molecular formula is C14H18F8O2. The Kier molecular flexibility index (Phi) is 4.46. The molecule has 0 bridgehead atoms. The Labute approximate surface area is 133 Å². The first-order valence-electron chi connectivity index (χ1n) is 6.83. The minimum atomic E-state index is -6.38. The van der Waals surface area contributed by atoms with Gasteiger partial charge in [0, 0.05) is 0 Å². The largest absolute Gasteiger partial charge is 0.483 e. The normalized spacial score (nSPS) is 25.4. The molecule has 0 aromatic rings. The lowest BCUT2D eigenvalue weighted by Crippen LogP contribution is -2.68. The lowest BCUT2D eigenvalue weighted by Gasteiger charge is -2.45. The molecule has 1 aliphatic rings. The number of hydrogen-bond acceptors (Lipinski definition) is 2. The molecule has 0 saturated heterocycles. The summed E-state index contributed by atoms with van der Waals surface area (Å²) in [6, 6.07) is 0. The van der Waals surface area contributed by atoms with E-state index in [1.165, 1.54) is 0 Å². The summed E-state index contributed by atoms with van der Waals surface area (Å²) in [5, 5.41) is 0. The highest BCUT2D eigenvalue weighted by Crippen LogP contribution is 2.62. The van der Waals surface area contributed by atoms with Crippen LogP contribution in [0.1, 0.15) is 41.5 Å². The number of alkyl halides is 8. The third-order valence-corrected chi connectivity index (χ3v) is 2.78. The first kappa shape index (κ1) is 20.8. The molecule has 0 radical (unpaired) electrons. The molecule has 2 nitrogen and oxygen atoms in total. The summed E-state index contributed by atoms with van der Waals surface area (Å²) in [7, 11) is 0. The Morgan fingerprint density at radius 2 is 0.750 bits per heavy atom. The zero-order chi connectivity index (χ0) is 19.6. The van der Waals surface area contributed by atoms with Gasteiger partial charge in [-0.15, -0.1) is 0 Å². The molecule has 0 aromatic carbocycles. The van der Waals surface area contributed by atoms with Crippen molar-refractivity contribution in [3.63, 3.8) is 0 Å². The summed E-state index contributed by atoms with van der Waals surface area (Å²) in [6.45, 7) is 6.63. The van der Waals surface area contributed by atoms with Crippen LogP contribution in [-0.2, 0) is 9.47 Å². The second-order valence-corrected chi connectivity index (χ2v) is 7.38. The molecule has 1 aliphatic carbocycles. The quantitative estimate of drug-likeness (QED) is 0.608. The maximum Gasteiger partial charge on any atom is 0.386 e. The Balaban J connectivity index is 3.83. The molecule has 1 rings (SSSR count). The van der Waals surface area contributed by atoms with Crippen LogP contribution in [0.4, 0.5) is 35.1 Å². The van der Waals surface area contributed by atoms with Crippen LogP contribution in [0.25, 0.3) is 0 Å². The van der Waals surface area contributed by atoms with Crippen molar-refractivity contribution in [2.75, 3.05) is 0 Å². The van der Waals surface area contributed by atoms with Gasteiger partial charge < -0.3 is 9.47 Å². The van der Waals surface area contributed by atoms with Gasteiger partial charge in [-0.05, 0) is 41.5 Å². The number of rotatable bonds is 2. The summed E-state index contributed by atoms with van der Waals surface area (Å²) in [5.41, 5.74) is -3.30. The van der Waals surface area contributed by atoms with E-state index in [0.29, 0.717) is 0 Å². The van der Waals surface area contributed by atoms with Crippen LogP contribution in [-0.4, -0.2) is 34.9 Å². The van der Waals surface area contributed by atoms with Gasteiger partial charge in [-0.3, -0.25) is 0 Å². The maximum absolute atomic E-state index is 14.0. The lowest BCUT2D eigenvalue weighted by molar-refractivity contribution is -0.378. The molecule has 0 spiro atoms. The van der Waals surface area contributed by atoms with Crippen LogP contribution in [0.15, 0.2) is 11.5 Å². The number of halogens is 8. The van der Waals surface area contributed by atoms with Crippen molar-refractivity contribution in [3.8, 4) is 0 Å². The first-order valence-corrected chi connectivity index (χ1v) is 6.83. The summed E-state index contributed by atoms with van der Waals surface area (Å²) >= 11 is 0. The minimum Gasteiger partial charge on any atom is -0.483 e. The summed E-state index contributed by atoms with van der Waals surface area (Å²) in [4.78, 5) is 0. The van der Waals surface area contributed by atoms with Gasteiger partial charge in [-0.25, -0.2) is 0 Å². The van der Waals surface area contributed by atoms with Gasteiger partial charge in [0.15, 0.2) is 0 Å². The van der Waals surface area contributed by atoms with Gasteiger partial charge in [0.2, 0.25) is 11.5 Å². The molecule has 10 heteroatoms. The molecule has 0 amide bonds. The van der Waals surface area contributed by atoms with E-state index in [1.807, 2.05) is 0 Å². The molecule has 0 aromatic heterocycles. The van der Waals surface area contributed by atoms with Crippen molar-refractivity contribution in [3.05, 3.63) is 11.5 Å². The Bertz CT molecular complexity index is 490. The van der Waals surface area contributed by atoms with Gasteiger partial charge in [0.05, 0.1) is 0 Å². The Morgan fingerprint density at radius 1 is 0.542 bits per heavy atom. The van der Waals surface area contributed by atoms with E-state index in [4.69, 9.17) is 0 Å². The van der Waals surface area contributed by atoms with Crippen LogP contribution >= 0.6 is 0 Å². The fourth-order valence-corrected chi connectivity index (χ4v) is 1.80. The topological polar surface area (TPSA) is 18.5 Å². The van der Waals surface area contributed by atoms with Crippen molar-refractivity contribution in [2.45, 2.75) is 76.4 Å². The number of allylic oxidation sites excluding steroid dienone is 2. The minimum absolute atomic E-state index is 1.10. The smallest absolute Gasteiger partial charge is 0.386 e. The molecule has 0 N–H and O–H groups in total. The van der Waals surface area contributed by atoms with E-state index < -0.39 is 46.4 Å². The van der Waals surface area contributed by atoms with E-state index in [0.717, 1.165) is 41.5 Å². The molecule has 24 heavy (non-hydrogen) atoms. The average Bonchev–Trinajstić information content (AvgIpc) is 2.28. The second kappa shape index (κ2) is 5.14. The van der Waals surface area contributed by atoms with Crippen molar-refractivity contribution in [2.24, 2.45) is 0 Å². The highest BCUT2D eigenvalue weighted by atomic mass is 19.4. The zero-order valence-corrected chi connectivity index (χ0v) is 13.8. The Morgan fingerprint density at radius 3 is 0.917 bits per heavy atom. The van der Waals surface area contributed by atoms with E-state index in [9.17, 15) is 35.1 Å². The SMILES string of the molecule is CC(C)(C)OC1=C(OC(C)(C)C)C(F)(F)C(F)(F)C(F)(F)C1(F)F. The third kappa shape index (κ3) is 3.03. The fraction of sp³-hybridized carbons (Fsp3) is 0.857. The predicted molar refractivity (Wildman–Crippen MR) is 68.5 cm³/mol. The molecule has 0 aliphatic heterocycles. The lowest BCUT2D eigenvalue weighted by atomic mass is 9.88. The number of hydrogen-bond donors (Lipinski definition) is 0. The average molecular weight is 370 g/mol. The van der Waals surface area contributed by atoms with Crippen molar-refractivity contribution < 1.29 is 44.6 Å². The van der Waals surface area contributed by atoms with Gasteiger partial charge in [0.1, 0.15) is 11.2 Å². The van der Waals surface area contributed by atoms with E-state index in [-0.39, 0.29) is 0 Å². The fourth-order valence-electron chi connectivity index (χ4n) is 1.80. The summed E-state index contributed by atoms with van der Waals surface area (Å²) in [5.74, 6) is -28.8. The van der Waals surface area contributed by atoms with Crippen LogP contribution in [0.3, 0.4) is 0 Å². The third-order valence-electron chi connectivity index (χ3n) is 2.78. The van der Waals surface area contributed by atoms with Crippen molar-refractivity contribution in [1.29, 1.82) is 0 Å². The van der Waals surface area contributed by atoms with Gasteiger partial charge in [0.25, 0.3) is 0 Å². The molecule has 0 atom stereocenters. The van der Waals surface area contributed by atoms with Gasteiger partial charge in [-0.2, -0.15) is 35.1 Å². The first-order chi connectivity index (χ1) is 10.2. The molecule has 0 saturated carbocycles. The number of ether oxygens (including phenoxy) is 2. The predicted octanol–water partition coefficient (Wildman–Crippen LogP) is 5.38. The van der Waals surface area contributed by atoms with Crippen LogP contribution in [0.2, 0.25) is 0 Å². The highest BCUT2D eigenvalue weighted by molar-refractivity contribution is 5.33. The highest BCUT2D eigenvalue weighted by Gasteiger charge is 2.88. The van der Waals surface area contributed by atoms with E-state index in [1.54, 1.807) is 0 Å². The maximum atomic E-state index is 14.0. The zero-order valence-electron chi connectivity index (χ0n) is 13.8. The second-order valence-electron chi connectivity index (χ2n) is 7.38. The van der Waals surface area contributed by atoms with Crippen molar-refractivity contribution in [1.82, 2.24) is 0 Å². The molecular weight excluding hydrogens is 352 g/mol. The van der Waals surface area contributed by atoms with E-state index in [2.05, 4.69) is 9.47 Å². The van der Waals surface area contributed by atoms with Crippen LogP contribution in [0, 0.1) is 0 Å². The molecule has 0 heterocycles. The summed E-state index contributed by atoms with van der Waals surface area (Å²) < 4.78 is 119. The Hall–Kier alpha value is -1.22. The molecule has 0 unspecified atom stereocenters. The van der Waals surface area contributed by atoms with Crippen LogP contribution < -0.4 is 0 Å². The molecule has 0 fully saturated rings. The monoisotopic (exact) mass is 370 g/mol. The van der Waals surface area contributed by atoms with Crippen LogP contribution in [0.5, 0.6) is 0 Å². The van der Waals surface area contributed by atoms with Crippen molar-refractivity contribution >= 4 is 0 Å². The van der Waals surface area contributed by atoms with E-state index >= 15 is 0 Å². The van der Waals surface area contributed by atoms with Gasteiger partial charge >= 0.3 is 23.7 Å². The standard InChI is InChI=1S/C14H18F8O2/c1-9(2,3)23-7-8(24-10(4,5)6)12(17,18)14(21,22)13(19,20)11(7,15)16/h1-6H3. The van der Waals surface area contributed by atoms with Gasteiger partial charge in [-0.1, -0.05) is 0 Å².